The van der Waals surface area contributed by atoms with E-state index in [4.69, 9.17) is 14.2 Å². The van der Waals surface area contributed by atoms with Gasteiger partial charge in [-0.05, 0) is 36.4 Å². The summed E-state index contributed by atoms with van der Waals surface area (Å²) >= 11 is 0. The van der Waals surface area contributed by atoms with Gasteiger partial charge in [0, 0.05) is 24.1 Å². The molecule has 2 aromatic carbocycles. The maximum Gasteiger partial charge on any atom is 0.306 e. The number of rotatable bonds is 7. The van der Waals surface area contributed by atoms with Gasteiger partial charge < -0.3 is 19.5 Å². The number of carbonyl (C=O) groups is 3. The average Bonchev–Trinajstić information content (AvgIpc) is 2.95. The fourth-order valence-corrected chi connectivity index (χ4v) is 2.68. The van der Waals surface area contributed by atoms with E-state index in [1.165, 1.54) is 18.2 Å². The van der Waals surface area contributed by atoms with E-state index < -0.39 is 24.3 Å². The molecule has 0 fully saturated rings. The molecule has 0 unspecified atom stereocenters. The Labute approximate surface area is 166 Å². The predicted octanol–water partition coefficient (Wildman–Crippen LogP) is 3.13. The number of anilines is 1. The highest BCUT2D eigenvalue weighted by molar-refractivity contribution is 5.98. The number of ketones is 1. The van der Waals surface area contributed by atoms with Crippen LogP contribution in [0.4, 0.5) is 10.1 Å². The Bertz CT molecular complexity index is 914. The normalized spacial score (nSPS) is 12.6. The summed E-state index contributed by atoms with van der Waals surface area (Å²) in [5.74, 6) is -0.928. The van der Waals surface area contributed by atoms with Gasteiger partial charge in [0.15, 0.2) is 23.9 Å². The number of fused-ring (bicyclic) bond motifs is 1. The first-order valence-electron chi connectivity index (χ1n) is 9.15. The van der Waals surface area contributed by atoms with E-state index in [0.29, 0.717) is 30.3 Å². The molecule has 1 aliphatic heterocycles. The molecule has 1 heterocycles. The summed E-state index contributed by atoms with van der Waals surface area (Å²) < 4.78 is 29.0. The maximum atomic E-state index is 13.1. The van der Waals surface area contributed by atoms with Gasteiger partial charge in [-0.1, -0.05) is 6.07 Å². The number of carbonyl (C=O) groups excluding carboxylic acids is 3. The monoisotopic (exact) mass is 401 g/mol. The second-order valence-corrected chi connectivity index (χ2v) is 6.35. The van der Waals surface area contributed by atoms with Gasteiger partial charge in [0.2, 0.25) is 0 Å². The number of Topliss-reactive ketones (excluding diaryl/α,β-unsaturated/α-hetero) is 1. The molecule has 0 saturated carbocycles. The molecule has 0 spiro atoms. The van der Waals surface area contributed by atoms with Crippen LogP contribution in [-0.2, 0) is 14.3 Å². The predicted molar refractivity (Wildman–Crippen MR) is 102 cm³/mol. The summed E-state index contributed by atoms with van der Waals surface area (Å²) in [5.41, 5.74) is 0.668. The number of benzene rings is 2. The van der Waals surface area contributed by atoms with Crippen LogP contribution in [0.5, 0.6) is 11.5 Å². The molecule has 0 radical (unpaired) electrons. The van der Waals surface area contributed by atoms with E-state index >= 15 is 0 Å². The molecule has 0 aromatic heterocycles. The van der Waals surface area contributed by atoms with Crippen molar-refractivity contribution in [1.82, 2.24) is 0 Å². The van der Waals surface area contributed by atoms with E-state index in [9.17, 15) is 18.8 Å². The molecule has 152 valence electrons. The largest absolute Gasteiger partial charge is 0.490 e. The zero-order chi connectivity index (χ0) is 20.6. The third-order valence-electron chi connectivity index (χ3n) is 4.10. The van der Waals surface area contributed by atoms with Gasteiger partial charge in [-0.2, -0.15) is 0 Å². The highest BCUT2D eigenvalue weighted by Gasteiger charge is 2.16. The lowest BCUT2D eigenvalue weighted by Crippen LogP contribution is -2.21. The molecule has 3 rings (SSSR count). The van der Waals surface area contributed by atoms with E-state index in [2.05, 4.69) is 5.32 Å². The van der Waals surface area contributed by atoms with Crippen LogP contribution in [0.3, 0.4) is 0 Å². The van der Waals surface area contributed by atoms with Gasteiger partial charge in [-0.25, -0.2) is 4.39 Å². The SMILES string of the molecule is O=C(COC(=O)CCC(=O)c1ccc2c(c1)OCCCO2)Nc1cccc(F)c1. The Hall–Kier alpha value is -3.42. The van der Waals surface area contributed by atoms with Crippen molar-refractivity contribution < 1.29 is 33.0 Å². The van der Waals surface area contributed by atoms with Gasteiger partial charge in [0.1, 0.15) is 5.82 Å². The number of hydrogen-bond acceptors (Lipinski definition) is 6. The van der Waals surface area contributed by atoms with Gasteiger partial charge in [-0.15, -0.1) is 0 Å². The Morgan fingerprint density at radius 2 is 1.79 bits per heavy atom. The average molecular weight is 401 g/mol. The standard InChI is InChI=1S/C21H20FNO6/c22-15-3-1-4-16(12-15)23-20(25)13-29-21(26)8-6-17(24)14-5-7-18-19(11-14)28-10-2-9-27-18/h1,3-5,7,11-12H,2,6,8-10,13H2,(H,23,25). The van der Waals surface area contributed by atoms with Crippen molar-refractivity contribution in [3.8, 4) is 11.5 Å². The van der Waals surface area contributed by atoms with Crippen LogP contribution in [0.2, 0.25) is 0 Å². The van der Waals surface area contributed by atoms with Crippen LogP contribution >= 0.6 is 0 Å². The van der Waals surface area contributed by atoms with Crippen molar-refractivity contribution in [2.45, 2.75) is 19.3 Å². The van der Waals surface area contributed by atoms with Gasteiger partial charge in [-0.3, -0.25) is 14.4 Å². The first-order valence-corrected chi connectivity index (χ1v) is 9.15. The van der Waals surface area contributed by atoms with Crippen LogP contribution in [0.25, 0.3) is 0 Å². The summed E-state index contributed by atoms with van der Waals surface area (Å²) in [6, 6.07) is 10.2. The fraction of sp³-hybridized carbons (Fsp3) is 0.286. The second-order valence-electron chi connectivity index (χ2n) is 6.35. The molecule has 8 heteroatoms. The zero-order valence-corrected chi connectivity index (χ0v) is 15.6. The Morgan fingerprint density at radius 3 is 2.59 bits per heavy atom. The molecule has 0 saturated heterocycles. The zero-order valence-electron chi connectivity index (χ0n) is 15.6. The van der Waals surface area contributed by atoms with Crippen molar-refractivity contribution in [3.05, 3.63) is 53.8 Å². The highest BCUT2D eigenvalue weighted by Crippen LogP contribution is 2.30. The van der Waals surface area contributed by atoms with E-state index in [1.807, 2.05) is 0 Å². The van der Waals surface area contributed by atoms with Gasteiger partial charge in [0.05, 0.1) is 19.6 Å². The Morgan fingerprint density at radius 1 is 1.00 bits per heavy atom. The minimum absolute atomic E-state index is 0.0655. The lowest BCUT2D eigenvalue weighted by Gasteiger charge is -2.09. The summed E-state index contributed by atoms with van der Waals surface area (Å²) in [4.78, 5) is 35.9. The quantitative estimate of drug-likeness (QED) is 0.566. The third kappa shape index (κ3) is 6.03. The number of nitrogens with one attached hydrogen (secondary N) is 1. The van der Waals surface area contributed by atoms with E-state index in [0.717, 1.165) is 12.5 Å². The minimum atomic E-state index is -0.679. The Balaban J connectivity index is 1.43. The van der Waals surface area contributed by atoms with Crippen LogP contribution in [0.1, 0.15) is 29.6 Å². The molecule has 0 aliphatic carbocycles. The van der Waals surface area contributed by atoms with Crippen molar-refractivity contribution in [2.75, 3.05) is 25.1 Å². The smallest absolute Gasteiger partial charge is 0.306 e. The molecule has 1 N–H and O–H groups in total. The molecule has 1 aliphatic rings. The first kappa shape index (κ1) is 20.3. The highest BCUT2D eigenvalue weighted by atomic mass is 19.1. The maximum absolute atomic E-state index is 13.1. The molecular weight excluding hydrogens is 381 g/mol. The first-order chi connectivity index (χ1) is 14.0. The van der Waals surface area contributed by atoms with Gasteiger partial charge in [0.25, 0.3) is 5.91 Å². The van der Waals surface area contributed by atoms with Crippen LogP contribution in [0, 0.1) is 5.82 Å². The van der Waals surface area contributed by atoms with Crippen molar-refractivity contribution >= 4 is 23.3 Å². The topological polar surface area (TPSA) is 90.9 Å². The van der Waals surface area contributed by atoms with Gasteiger partial charge >= 0.3 is 5.97 Å². The summed E-state index contributed by atoms with van der Waals surface area (Å²) in [5, 5.41) is 2.41. The van der Waals surface area contributed by atoms with Crippen molar-refractivity contribution in [3.63, 3.8) is 0 Å². The Kier molecular flexibility index (Phi) is 6.78. The van der Waals surface area contributed by atoms with E-state index in [1.54, 1.807) is 18.2 Å². The second kappa shape index (κ2) is 9.68. The number of halogens is 1. The number of esters is 1. The van der Waals surface area contributed by atoms with Crippen LogP contribution in [0.15, 0.2) is 42.5 Å². The third-order valence-corrected chi connectivity index (χ3v) is 4.10. The molecular formula is C21H20FNO6. The van der Waals surface area contributed by atoms with Crippen LogP contribution in [-0.4, -0.2) is 37.5 Å². The van der Waals surface area contributed by atoms with E-state index in [-0.39, 0.29) is 24.3 Å². The molecule has 1 amide bonds. The summed E-state index contributed by atoms with van der Waals surface area (Å²) in [6.07, 6.45) is 0.529. The summed E-state index contributed by atoms with van der Waals surface area (Å²) in [6.45, 7) is 0.543. The van der Waals surface area contributed by atoms with Crippen LogP contribution < -0.4 is 14.8 Å². The molecule has 0 bridgehead atoms. The summed E-state index contributed by atoms with van der Waals surface area (Å²) in [7, 11) is 0. The number of amides is 1. The molecule has 2 aromatic rings. The lowest BCUT2D eigenvalue weighted by molar-refractivity contribution is -0.147. The molecule has 7 nitrogen and oxygen atoms in total. The molecule has 29 heavy (non-hydrogen) atoms. The lowest BCUT2D eigenvalue weighted by atomic mass is 10.1. The van der Waals surface area contributed by atoms with Crippen molar-refractivity contribution in [1.29, 1.82) is 0 Å². The number of ether oxygens (including phenoxy) is 3. The number of hydrogen-bond donors (Lipinski definition) is 1. The molecule has 0 atom stereocenters. The van der Waals surface area contributed by atoms with Crippen molar-refractivity contribution in [2.24, 2.45) is 0 Å². The minimum Gasteiger partial charge on any atom is -0.490 e. The fourth-order valence-electron chi connectivity index (χ4n) is 2.68.